The summed E-state index contributed by atoms with van der Waals surface area (Å²) in [4.78, 5) is 49.0. The fourth-order valence-electron chi connectivity index (χ4n) is 2.91. The first-order valence-corrected chi connectivity index (χ1v) is 9.28. The molecule has 3 N–H and O–H groups in total. The van der Waals surface area contributed by atoms with Gasteiger partial charge in [0.25, 0.3) is 5.91 Å². The Labute approximate surface area is 168 Å². The maximum absolute atomic E-state index is 12.7. The van der Waals surface area contributed by atoms with Crippen molar-refractivity contribution in [2.45, 2.75) is 26.3 Å². The number of carbonyl (C=O) groups excluding carboxylic acids is 4. The molecule has 29 heavy (non-hydrogen) atoms. The van der Waals surface area contributed by atoms with Gasteiger partial charge in [-0.1, -0.05) is 30.3 Å². The second-order valence-electron chi connectivity index (χ2n) is 6.28. The number of benzene rings is 2. The van der Waals surface area contributed by atoms with Gasteiger partial charge in [-0.15, -0.1) is 0 Å². The smallest absolute Gasteiger partial charge is 0.312 e. The molecule has 0 aliphatic rings. The largest absolute Gasteiger partial charge is 0.466 e. The van der Waals surface area contributed by atoms with E-state index in [1.54, 1.807) is 32.0 Å². The molecule has 0 saturated heterocycles. The monoisotopic (exact) mass is 400 g/mol. The number of hydrogen-bond donors (Lipinski definition) is 2. The zero-order chi connectivity index (χ0) is 21.4. The molecule has 2 rings (SSSR count). The molecule has 0 radical (unpaired) electrons. The zero-order valence-electron chi connectivity index (χ0n) is 16.3. The molecular formula is C21H24N2O6. The van der Waals surface area contributed by atoms with Crippen molar-refractivity contribution in [3.63, 3.8) is 0 Å². The summed E-state index contributed by atoms with van der Waals surface area (Å²) in [6.45, 7) is 3.36. The highest BCUT2D eigenvalue weighted by Crippen LogP contribution is 2.18. The highest BCUT2D eigenvalue weighted by atomic mass is 16.5. The lowest BCUT2D eigenvalue weighted by molar-refractivity contribution is -0.156. The van der Waals surface area contributed by atoms with E-state index in [1.807, 2.05) is 24.3 Å². The number of nitrogens with one attached hydrogen (secondary N) is 1. The van der Waals surface area contributed by atoms with Crippen LogP contribution in [0.3, 0.4) is 0 Å². The molecule has 2 atom stereocenters. The summed E-state index contributed by atoms with van der Waals surface area (Å²) in [5.41, 5.74) is 5.71. The molecule has 0 aliphatic carbocycles. The molecule has 0 spiro atoms. The van der Waals surface area contributed by atoms with E-state index < -0.39 is 42.1 Å². The topological polar surface area (TPSA) is 125 Å². The van der Waals surface area contributed by atoms with Crippen molar-refractivity contribution >= 4 is 34.5 Å². The average molecular weight is 400 g/mol. The van der Waals surface area contributed by atoms with Crippen LogP contribution in [0, 0.1) is 5.92 Å². The van der Waals surface area contributed by atoms with Crippen molar-refractivity contribution in [3.8, 4) is 0 Å². The van der Waals surface area contributed by atoms with Crippen molar-refractivity contribution in [1.29, 1.82) is 0 Å². The molecule has 8 heteroatoms. The van der Waals surface area contributed by atoms with Gasteiger partial charge in [-0.3, -0.25) is 19.2 Å². The van der Waals surface area contributed by atoms with Gasteiger partial charge in [0.15, 0.2) is 0 Å². The summed E-state index contributed by atoms with van der Waals surface area (Å²) in [5.74, 6) is -4.37. The van der Waals surface area contributed by atoms with Crippen LogP contribution in [0.4, 0.5) is 0 Å². The van der Waals surface area contributed by atoms with Crippen LogP contribution in [-0.4, -0.2) is 43.0 Å². The number of ether oxygens (including phenoxy) is 2. The SMILES string of the molecule is CCOC(=O)C[C@@H](C(=O)OCC)[C@H](NC(=O)c1ccc2ccccc2c1)C(N)=O. The summed E-state index contributed by atoms with van der Waals surface area (Å²) in [6.07, 6.45) is -0.446. The molecule has 0 heterocycles. The van der Waals surface area contributed by atoms with E-state index in [0.29, 0.717) is 0 Å². The van der Waals surface area contributed by atoms with Gasteiger partial charge >= 0.3 is 11.9 Å². The molecule has 0 unspecified atom stereocenters. The summed E-state index contributed by atoms with van der Waals surface area (Å²) >= 11 is 0. The molecule has 0 fully saturated rings. The molecular weight excluding hydrogens is 376 g/mol. The number of rotatable bonds is 9. The molecule has 0 bridgehead atoms. The van der Waals surface area contributed by atoms with E-state index in [4.69, 9.17) is 15.2 Å². The molecule has 0 aliphatic heterocycles. The zero-order valence-corrected chi connectivity index (χ0v) is 16.3. The van der Waals surface area contributed by atoms with Crippen molar-refractivity contribution in [1.82, 2.24) is 5.32 Å². The van der Waals surface area contributed by atoms with Gasteiger partial charge in [-0.25, -0.2) is 0 Å². The minimum atomic E-state index is -1.43. The Hall–Kier alpha value is -3.42. The van der Waals surface area contributed by atoms with E-state index in [2.05, 4.69) is 5.32 Å². The van der Waals surface area contributed by atoms with Gasteiger partial charge in [-0.05, 0) is 36.8 Å². The minimum Gasteiger partial charge on any atom is -0.466 e. The highest BCUT2D eigenvalue weighted by molar-refractivity contribution is 6.01. The number of fused-ring (bicyclic) bond motifs is 1. The van der Waals surface area contributed by atoms with Crippen LogP contribution in [0.5, 0.6) is 0 Å². The number of amides is 2. The number of carbonyl (C=O) groups is 4. The van der Waals surface area contributed by atoms with Gasteiger partial charge in [0.1, 0.15) is 6.04 Å². The van der Waals surface area contributed by atoms with Crippen LogP contribution in [0.25, 0.3) is 10.8 Å². The fourth-order valence-corrected chi connectivity index (χ4v) is 2.91. The lowest BCUT2D eigenvalue weighted by Gasteiger charge is -2.23. The molecule has 2 aromatic rings. The predicted octanol–water partition coefficient (Wildman–Crippen LogP) is 1.56. The van der Waals surface area contributed by atoms with Crippen LogP contribution in [-0.2, 0) is 23.9 Å². The predicted molar refractivity (Wildman–Crippen MR) is 106 cm³/mol. The third kappa shape index (κ3) is 5.78. The van der Waals surface area contributed by atoms with Crippen molar-refractivity contribution in [2.75, 3.05) is 13.2 Å². The Morgan fingerprint density at radius 1 is 0.966 bits per heavy atom. The molecule has 154 valence electrons. The van der Waals surface area contributed by atoms with Gasteiger partial charge in [0.2, 0.25) is 5.91 Å². The highest BCUT2D eigenvalue weighted by Gasteiger charge is 2.37. The third-order valence-electron chi connectivity index (χ3n) is 4.29. The van der Waals surface area contributed by atoms with Crippen molar-refractivity contribution in [3.05, 3.63) is 48.0 Å². The van der Waals surface area contributed by atoms with E-state index in [0.717, 1.165) is 10.8 Å². The van der Waals surface area contributed by atoms with Crippen molar-refractivity contribution in [2.24, 2.45) is 11.7 Å². The minimum absolute atomic E-state index is 0.0439. The first-order valence-electron chi connectivity index (χ1n) is 9.28. The number of nitrogens with two attached hydrogens (primary N) is 1. The number of primary amides is 1. The van der Waals surface area contributed by atoms with E-state index in [-0.39, 0.29) is 18.8 Å². The lowest BCUT2D eigenvalue weighted by Crippen LogP contribution is -2.52. The summed E-state index contributed by atoms with van der Waals surface area (Å²) in [5, 5.41) is 4.25. The third-order valence-corrected chi connectivity index (χ3v) is 4.29. The molecule has 2 amide bonds. The Bertz CT molecular complexity index is 911. The van der Waals surface area contributed by atoms with Crippen LogP contribution >= 0.6 is 0 Å². The standard InChI is InChI=1S/C21H24N2O6/c1-3-28-17(24)12-16(21(27)29-4-2)18(19(22)25)23-20(26)15-10-9-13-7-5-6-8-14(13)11-15/h5-11,16,18H,3-4,12H2,1-2H3,(H2,22,25)(H,23,26)/t16-,18+/m1/s1. The van der Waals surface area contributed by atoms with E-state index in [9.17, 15) is 19.2 Å². The van der Waals surface area contributed by atoms with E-state index >= 15 is 0 Å². The Balaban J connectivity index is 2.27. The number of hydrogen-bond acceptors (Lipinski definition) is 6. The second-order valence-corrected chi connectivity index (χ2v) is 6.28. The van der Waals surface area contributed by atoms with Crippen LogP contribution < -0.4 is 11.1 Å². The fraction of sp³-hybridized carbons (Fsp3) is 0.333. The maximum atomic E-state index is 12.7. The van der Waals surface area contributed by atoms with Gasteiger partial charge in [0.05, 0.1) is 25.6 Å². The molecule has 2 aromatic carbocycles. The quantitative estimate of drug-likeness (QED) is 0.616. The van der Waals surface area contributed by atoms with E-state index in [1.165, 1.54) is 0 Å². The van der Waals surface area contributed by atoms with Gasteiger partial charge in [0, 0.05) is 5.56 Å². The lowest BCUT2D eigenvalue weighted by atomic mass is 9.94. The van der Waals surface area contributed by atoms with Crippen LogP contribution in [0.15, 0.2) is 42.5 Å². The normalized spacial score (nSPS) is 12.6. The van der Waals surface area contributed by atoms with Crippen LogP contribution in [0.2, 0.25) is 0 Å². The summed E-state index contributed by atoms with van der Waals surface area (Å²) in [7, 11) is 0. The Kier molecular flexibility index (Phi) is 7.70. The van der Waals surface area contributed by atoms with Crippen LogP contribution in [0.1, 0.15) is 30.6 Å². The summed E-state index contributed by atoms with van der Waals surface area (Å²) in [6, 6.07) is 11.1. The van der Waals surface area contributed by atoms with Crippen molar-refractivity contribution < 1.29 is 28.7 Å². The Morgan fingerprint density at radius 3 is 2.24 bits per heavy atom. The van der Waals surface area contributed by atoms with Gasteiger partial charge in [-0.2, -0.15) is 0 Å². The Morgan fingerprint density at radius 2 is 1.62 bits per heavy atom. The molecule has 0 saturated carbocycles. The molecule has 0 aromatic heterocycles. The first kappa shape index (κ1) is 21.9. The summed E-state index contributed by atoms with van der Waals surface area (Å²) < 4.78 is 9.81. The maximum Gasteiger partial charge on any atom is 0.312 e. The number of esters is 2. The second kappa shape index (κ2) is 10.2. The molecule has 8 nitrogen and oxygen atoms in total. The first-order chi connectivity index (χ1) is 13.9. The average Bonchev–Trinajstić information content (AvgIpc) is 2.70. The van der Waals surface area contributed by atoms with Gasteiger partial charge < -0.3 is 20.5 Å².